The number of aromatic nitrogens is 1. The highest BCUT2D eigenvalue weighted by molar-refractivity contribution is 5.65. The van der Waals surface area contributed by atoms with Crippen molar-refractivity contribution >= 4 is 6.29 Å². The lowest BCUT2D eigenvalue weighted by atomic mass is 9.72. The lowest BCUT2D eigenvalue weighted by Crippen LogP contribution is -2.45. The maximum atomic E-state index is 12.0. The molecule has 2 N–H and O–H groups in total. The van der Waals surface area contributed by atoms with Crippen LogP contribution in [0.2, 0.25) is 0 Å². The summed E-state index contributed by atoms with van der Waals surface area (Å²) in [5.74, 6) is 6.08. The van der Waals surface area contributed by atoms with Crippen LogP contribution in [0.1, 0.15) is 29.0 Å². The summed E-state index contributed by atoms with van der Waals surface area (Å²) in [4.78, 5) is 22.4. The van der Waals surface area contributed by atoms with Gasteiger partial charge in [-0.25, -0.2) is 10.9 Å². The maximum absolute atomic E-state index is 12.0. The lowest BCUT2D eigenvalue weighted by molar-refractivity contribution is -0.118. The molecule has 0 radical (unpaired) electrons. The number of pyridine rings is 1. The van der Waals surface area contributed by atoms with Crippen LogP contribution in [0.5, 0.6) is 5.88 Å². The average Bonchev–Trinajstić information content (AvgIpc) is 2.90. The van der Waals surface area contributed by atoms with Gasteiger partial charge in [0.05, 0.1) is 7.11 Å². The van der Waals surface area contributed by atoms with E-state index in [2.05, 4.69) is 11.1 Å². The van der Waals surface area contributed by atoms with E-state index in [0.29, 0.717) is 12.3 Å². The van der Waals surface area contributed by atoms with Crippen molar-refractivity contribution in [2.45, 2.75) is 24.4 Å². The number of hydrogen-bond acceptors (Lipinski definition) is 5. The molecule has 5 nitrogen and oxygen atoms in total. The largest absolute Gasteiger partial charge is 0.481 e. The third-order valence-electron chi connectivity index (χ3n) is 6.16. The van der Waals surface area contributed by atoms with Gasteiger partial charge in [0.1, 0.15) is 11.9 Å². The van der Waals surface area contributed by atoms with Gasteiger partial charge in [0.2, 0.25) is 5.88 Å². The van der Waals surface area contributed by atoms with Gasteiger partial charge in [0.25, 0.3) is 0 Å². The van der Waals surface area contributed by atoms with E-state index in [1.807, 2.05) is 91.0 Å². The van der Waals surface area contributed by atoms with Gasteiger partial charge in [-0.15, -0.1) is 0 Å². The molecule has 3 aromatic carbocycles. The molecule has 2 atom stereocenters. The summed E-state index contributed by atoms with van der Waals surface area (Å²) in [6.45, 7) is 0. The molecule has 1 heterocycles. The molecular formula is C29H28N2O3. The second kappa shape index (κ2) is 10.9. The van der Waals surface area contributed by atoms with Crippen molar-refractivity contribution in [2.24, 2.45) is 5.90 Å². The van der Waals surface area contributed by atoms with Crippen molar-refractivity contribution in [1.82, 2.24) is 4.98 Å². The maximum Gasteiger partial charge on any atom is 0.216 e. The molecule has 0 aliphatic heterocycles. The number of ether oxygens (including phenoxy) is 1. The average molecular weight is 453 g/mol. The van der Waals surface area contributed by atoms with Gasteiger partial charge in [0, 0.05) is 36.1 Å². The van der Waals surface area contributed by atoms with E-state index in [1.54, 1.807) is 13.3 Å². The van der Waals surface area contributed by atoms with Crippen molar-refractivity contribution < 1.29 is 14.4 Å². The molecule has 1 aromatic heterocycles. The van der Waals surface area contributed by atoms with Crippen LogP contribution in [0.3, 0.4) is 0 Å². The molecule has 0 bridgehead atoms. The first-order valence-corrected chi connectivity index (χ1v) is 11.2. The summed E-state index contributed by atoms with van der Waals surface area (Å²) >= 11 is 0. The molecule has 0 fully saturated rings. The van der Waals surface area contributed by atoms with Crippen molar-refractivity contribution in [3.8, 4) is 17.0 Å². The Kier molecular flexibility index (Phi) is 7.48. The van der Waals surface area contributed by atoms with E-state index < -0.39 is 11.5 Å². The molecule has 172 valence electrons. The Morgan fingerprint density at radius 1 is 0.912 bits per heavy atom. The van der Waals surface area contributed by atoms with Crippen LogP contribution in [0.4, 0.5) is 0 Å². The molecule has 0 amide bonds. The number of benzene rings is 3. The van der Waals surface area contributed by atoms with Crippen LogP contribution in [-0.4, -0.2) is 24.0 Å². The molecule has 34 heavy (non-hydrogen) atoms. The first-order chi connectivity index (χ1) is 16.7. The van der Waals surface area contributed by atoms with Gasteiger partial charge < -0.3 is 9.53 Å². The molecule has 5 heteroatoms. The van der Waals surface area contributed by atoms with Gasteiger partial charge in [-0.3, -0.25) is 4.84 Å². The molecule has 2 unspecified atom stereocenters. The number of nitrogens with zero attached hydrogens (tertiary/aromatic N) is 1. The van der Waals surface area contributed by atoms with Gasteiger partial charge >= 0.3 is 0 Å². The van der Waals surface area contributed by atoms with Crippen molar-refractivity contribution in [3.63, 3.8) is 0 Å². The fraction of sp³-hybridized carbons (Fsp3) is 0.172. The third kappa shape index (κ3) is 4.91. The highest BCUT2D eigenvalue weighted by Gasteiger charge is 2.43. The van der Waals surface area contributed by atoms with Crippen molar-refractivity contribution in [3.05, 3.63) is 120 Å². The molecule has 0 aliphatic rings. The van der Waals surface area contributed by atoms with E-state index in [1.165, 1.54) is 0 Å². The first-order valence-electron chi connectivity index (χ1n) is 11.2. The fourth-order valence-corrected chi connectivity index (χ4v) is 4.58. The van der Waals surface area contributed by atoms with Crippen LogP contribution in [0.15, 0.2) is 103 Å². The summed E-state index contributed by atoms with van der Waals surface area (Å²) in [7, 11) is 1.60. The van der Waals surface area contributed by atoms with Gasteiger partial charge in [0.15, 0.2) is 0 Å². The minimum atomic E-state index is -1.06. The Hall–Kier alpha value is -3.80. The highest BCUT2D eigenvalue weighted by Crippen LogP contribution is 2.44. The van der Waals surface area contributed by atoms with E-state index in [4.69, 9.17) is 15.5 Å². The zero-order valence-electron chi connectivity index (χ0n) is 19.1. The van der Waals surface area contributed by atoms with Gasteiger partial charge in [-0.05, 0) is 22.8 Å². The molecule has 0 spiro atoms. The molecule has 4 rings (SSSR count). The van der Waals surface area contributed by atoms with Gasteiger partial charge in [-0.1, -0.05) is 91.0 Å². The number of nitrogens with two attached hydrogens (primary N) is 1. The number of carbonyl (C=O) groups is 1. The Labute approximate surface area is 200 Å². The van der Waals surface area contributed by atoms with E-state index in [9.17, 15) is 4.79 Å². The summed E-state index contributed by atoms with van der Waals surface area (Å²) < 4.78 is 5.71. The van der Waals surface area contributed by atoms with Crippen LogP contribution >= 0.6 is 0 Å². The Morgan fingerprint density at radius 2 is 1.53 bits per heavy atom. The lowest BCUT2D eigenvalue weighted by Gasteiger charge is -2.39. The van der Waals surface area contributed by atoms with Crippen molar-refractivity contribution in [1.29, 1.82) is 0 Å². The van der Waals surface area contributed by atoms with Crippen LogP contribution in [0.25, 0.3) is 11.1 Å². The number of carbonyl (C=O) groups excluding carboxylic acids is 1. The standard InChI is InChI=1S/C29H28N2O3/c1-33-28-26(19-25(21-31-28)23-13-7-3-8-14-23)27(24-15-9-4-10-16-24)29(34-30,17-18-32)20-22-11-5-2-6-12-22/h2-16,18-19,21,27H,17,20,30H2,1H3. The molecule has 0 saturated carbocycles. The summed E-state index contributed by atoms with van der Waals surface area (Å²) in [5.41, 5.74) is 3.68. The minimum absolute atomic E-state index is 0.0939. The van der Waals surface area contributed by atoms with Crippen LogP contribution in [0, 0.1) is 0 Å². The quantitative estimate of drug-likeness (QED) is 0.259. The van der Waals surface area contributed by atoms with Crippen molar-refractivity contribution in [2.75, 3.05) is 7.11 Å². The van der Waals surface area contributed by atoms with Crippen LogP contribution < -0.4 is 10.6 Å². The normalized spacial score (nSPS) is 13.6. The second-order valence-electron chi connectivity index (χ2n) is 8.25. The zero-order valence-corrected chi connectivity index (χ0v) is 19.1. The first kappa shape index (κ1) is 23.4. The third-order valence-corrected chi connectivity index (χ3v) is 6.16. The summed E-state index contributed by atoms with van der Waals surface area (Å²) in [6, 6.07) is 31.9. The molecular weight excluding hydrogens is 424 g/mol. The molecule has 4 aromatic rings. The predicted molar refractivity (Wildman–Crippen MR) is 133 cm³/mol. The van der Waals surface area contributed by atoms with E-state index in [0.717, 1.165) is 34.1 Å². The predicted octanol–water partition coefficient (Wildman–Crippen LogP) is 5.35. The highest BCUT2D eigenvalue weighted by atomic mass is 16.6. The van der Waals surface area contributed by atoms with Gasteiger partial charge in [-0.2, -0.15) is 0 Å². The number of methoxy groups -OCH3 is 1. The van der Waals surface area contributed by atoms with E-state index >= 15 is 0 Å². The number of hydrogen-bond donors (Lipinski definition) is 1. The Balaban J connectivity index is 1.95. The molecule has 0 aliphatic carbocycles. The minimum Gasteiger partial charge on any atom is -0.481 e. The van der Waals surface area contributed by atoms with Crippen LogP contribution in [-0.2, 0) is 16.1 Å². The molecule has 0 saturated heterocycles. The summed E-state index contributed by atoms with van der Waals surface area (Å²) in [5, 5.41) is 0. The zero-order chi connectivity index (χ0) is 23.8. The second-order valence-corrected chi connectivity index (χ2v) is 8.25. The topological polar surface area (TPSA) is 74.4 Å². The van der Waals surface area contributed by atoms with E-state index in [-0.39, 0.29) is 6.42 Å². The monoisotopic (exact) mass is 452 g/mol. The fourth-order valence-electron chi connectivity index (χ4n) is 4.58. The number of aldehydes is 1. The Bertz CT molecular complexity index is 1200. The summed E-state index contributed by atoms with van der Waals surface area (Å²) in [6.07, 6.45) is 3.19. The number of rotatable bonds is 10. The Morgan fingerprint density at radius 3 is 2.12 bits per heavy atom. The smallest absolute Gasteiger partial charge is 0.216 e. The SMILES string of the molecule is COc1ncc(-c2ccccc2)cc1C(c1ccccc1)C(CC=O)(Cc1ccccc1)ON.